The number of hydrogen-bond acceptors (Lipinski definition) is 12. The number of carboxylic acids is 1. The molecule has 0 aromatic heterocycles. The van der Waals surface area contributed by atoms with E-state index >= 15 is 0 Å². The fourth-order valence-corrected chi connectivity index (χ4v) is 5.09. The Hall–Kier alpha value is -3.91. The van der Waals surface area contributed by atoms with Gasteiger partial charge in [0, 0.05) is 12.2 Å². The van der Waals surface area contributed by atoms with E-state index in [9.17, 15) is 43.8 Å². The Kier molecular flexibility index (Phi) is 21.4. The Morgan fingerprint density at radius 3 is 1.98 bits per heavy atom. The third-order valence-electron chi connectivity index (χ3n) is 7.21. The molecule has 0 spiro atoms. The van der Waals surface area contributed by atoms with Gasteiger partial charge in [0.2, 0.25) is 35.4 Å². The van der Waals surface area contributed by atoms with E-state index in [1.165, 1.54) is 18.7 Å². The number of aliphatic carboxylic acids is 1. The quantitative estimate of drug-likeness (QED) is 0.0374. The summed E-state index contributed by atoms with van der Waals surface area (Å²) in [6.07, 6.45) is 2.26. The van der Waals surface area contributed by atoms with Crippen molar-refractivity contribution >= 4 is 65.8 Å². The second-order valence-electron chi connectivity index (χ2n) is 11.3. The standard InChI is InChI=1S/C31H50N8O9S2/c1-18(40)26(39-25(42)16-34-24(41)15-35-27(43)20(33)10-6-7-12-32)30(46)38-23(17-49)29(45)36-21(11-13-50-2)28(44)37-22(31(47)48)14-19-8-4-3-5-9-19/h3-5,8-9,18,20-23,26,40,49H,6-7,10-17,32-33H2,1-2H3,(H,34,41)(H,35,43)(H,36,45)(H,37,44)(H,38,46)(H,39,42)(H,47,48)/t18-,20+,21+,22+,23+,26+/m1/s1. The van der Waals surface area contributed by atoms with Gasteiger partial charge in [-0.1, -0.05) is 36.8 Å². The largest absolute Gasteiger partial charge is 0.480 e. The minimum absolute atomic E-state index is 0.0117. The predicted octanol–water partition coefficient (Wildman–Crippen LogP) is -2.99. The molecule has 0 saturated heterocycles. The summed E-state index contributed by atoms with van der Waals surface area (Å²) in [6.45, 7) is 0.644. The van der Waals surface area contributed by atoms with E-state index in [2.05, 4.69) is 44.5 Å². The fraction of sp³-hybridized carbons (Fsp3) is 0.581. The first-order chi connectivity index (χ1) is 23.7. The average Bonchev–Trinajstić information content (AvgIpc) is 3.08. The molecular formula is C31H50N8O9S2. The van der Waals surface area contributed by atoms with Gasteiger partial charge in [-0.05, 0) is 50.3 Å². The number of unbranched alkanes of at least 4 members (excludes halogenated alkanes) is 1. The zero-order valence-corrected chi connectivity index (χ0v) is 29.9. The number of nitrogens with one attached hydrogen (secondary N) is 6. The summed E-state index contributed by atoms with van der Waals surface area (Å²) in [5.41, 5.74) is 11.9. The molecule has 1 aromatic carbocycles. The number of carbonyl (C=O) groups is 7. The van der Waals surface area contributed by atoms with Crippen LogP contribution in [0.5, 0.6) is 0 Å². The number of rotatable bonds is 24. The minimum Gasteiger partial charge on any atom is -0.480 e. The number of carbonyl (C=O) groups excluding carboxylic acids is 6. The highest BCUT2D eigenvalue weighted by molar-refractivity contribution is 7.98. The van der Waals surface area contributed by atoms with Crippen LogP contribution in [-0.2, 0) is 40.0 Å². The van der Waals surface area contributed by atoms with Crippen LogP contribution in [0.25, 0.3) is 0 Å². The van der Waals surface area contributed by atoms with Crippen LogP contribution in [0.4, 0.5) is 0 Å². The Morgan fingerprint density at radius 2 is 1.40 bits per heavy atom. The van der Waals surface area contributed by atoms with E-state index in [1.807, 2.05) is 0 Å². The molecule has 6 atom stereocenters. The molecule has 1 aromatic rings. The SMILES string of the molecule is CSCC[C@H](NC(=O)[C@H](CS)NC(=O)[C@@H](NC(=O)CNC(=O)CNC(=O)[C@@H](N)CCCCN)[C@@H](C)O)C(=O)N[C@@H](Cc1ccccc1)C(=O)O. The van der Waals surface area contributed by atoms with E-state index < -0.39 is 90.8 Å². The van der Waals surface area contributed by atoms with Gasteiger partial charge in [0.05, 0.1) is 25.2 Å². The minimum atomic E-state index is -1.55. The van der Waals surface area contributed by atoms with Crippen LogP contribution >= 0.6 is 24.4 Å². The predicted molar refractivity (Wildman–Crippen MR) is 191 cm³/mol. The number of hydrogen-bond donors (Lipinski definition) is 11. The van der Waals surface area contributed by atoms with Gasteiger partial charge < -0.3 is 53.6 Å². The molecule has 0 fully saturated rings. The number of nitrogens with two attached hydrogens (primary N) is 2. The normalized spacial score (nSPS) is 14.4. The lowest BCUT2D eigenvalue weighted by Crippen LogP contribution is -2.60. The van der Waals surface area contributed by atoms with Gasteiger partial charge in [0.1, 0.15) is 24.2 Å². The highest BCUT2D eigenvalue weighted by atomic mass is 32.2. The van der Waals surface area contributed by atoms with Crippen LogP contribution < -0.4 is 43.4 Å². The number of aliphatic hydroxyl groups is 1. The zero-order chi connectivity index (χ0) is 37.6. The Bertz CT molecular complexity index is 1280. The van der Waals surface area contributed by atoms with E-state index in [4.69, 9.17) is 11.5 Å². The number of benzene rings is 1. The monoisotopic (exact) mass is 742 g/mol. The zero-order valence-electron chi connectivity index (χ0n) is 28.2. The summed E-state index contributed by atoms with van der Waals surface area (Å²) in [6, 6.07) is 2.58. The molecule has 12 N–H and O–H groups in total. The fourth-order valence-electron chi connectivity index (χ4n) is 4.36. The number of carboxylic acid groups (broad SMARTS) is 1. The third kappa shape index (κ3) is 17.1. The van der Waals surface area contributed by atoms with Gasteiger partial charge in [-0.3, -0.25) is 28.8 Å². The molecule has 0 aliphatic rings. The molecule has 19 heteroatoms. The molecule has 0 radical (unpaired) electrons. The van der Waals surface area contributed by atoms with Crippen LogP contribution in [0.2, 0.25) is 0 Å². The first kappa shape index (κ1) is 44.1. The molecular weight excluding hydrogens is 693 g/mol. The van der Waals surface area contributed by atoms with E-state index in [0.29, 0.717) is 37.1 Å². The summed E-state index contributed by atoms with van der Waals surface area (Å²) in [4.78, 5) is 88.0. The molecule has 0 saturated carbocycles. The van der Waals surface area contributed by atoms with E-state index in [-0.39, 0.29) is 18.6 Å². The topological polar surface area (TPSA) is 284 Å². The second kappa shape index (κ2) is 24.3. The first-order valence-electron chi connectivity index (χ1n) is 16.0. The lowest BCUT2D eigenvalue weighted by molar-refractivity contribution is -0.142. The van der Waals surface area contributed by atoms with Crippen molar-refractivity contribution in [3.05, 3.63) is 35.9 Å². The number of thiol groups is 1. The van der Waals surface area contributed by atoms with Gasteiger partial charge in [-0.25, -0.2) is 4.79 Å². The highest BCUT2D eigenvalue weighted by Gasteiger charge is 2.32. The molecule has 0 heterocycles. The van der Waals surface area contributed by atoms with Gasteiger partial charge >= 0.3 is 5.97 Å². The highest BCUT2D eigenvalue weighted by Crippen LogP contribution is 2.07. The van der Waals surface area contributed by atoms with Crippen molar-refractivity contribution in [1.29, 1.82) is 0 Å². The maximum atomic E-state index is 13.2. The van der Waals surface area contributed by atoms with Gasteiger partial charge in [0.25, 0.3) is 0 Å². The first-order valence-corrected chi connectivity index (χ1v) is 18.0. The number of aliphatic hydroxyl groups excluding tert-OH is 1. The van der Waals surface area contributed by atoms with Crippen LogP contribution in [0.3, 0.4) is 0 Å². The van der Waals surface area contributed by atoms with E-state index in [0.717, 1.165) is 0 Å². The molecule has 280 valence electrons. The maximum absolute atomic E-state index is 13.2. The lowest BCUT2D eigenvalue weighted by atomic mass is 10.1. The summed E-state index contributed by atoms with van der Waals surface area (Å²) in [7, 11) is 0. The summed E-state index contributed by atoms with van der Waals surface area (Å²) < 4.78 is 0. The molecule has 0 aliphatic heterocycles. The third-order valence-corrected chi connectivity index (χ3v) is 8.22. The Morgan fingerprint density at radius 1 is 0.800 bits per heavy atom. The van der Waals surface area contributed by atoms with Crippen molar-refractivity contribution in [2.45, 2.75) is 75.3 Å². The second-order valence-corrected chi connectivity index (χ2v) is 12.7. The lowest BCUT2D eigenvalue weighted by Gasteiger charge is -2.26. The van der Waals surface area contributed by atoms with Gasteiger partial charge in [0.15, 0.2) is 0 Å². The van der Waals surface area contributed by atoms with Crippen LogP contribution in [0, 0.1) is 0 Å². The van der Waals surface area contributed by atoms with Gasteiger partial charge in [-0.2, -0.15) is 24.4 Å². The number of amides is 6. The summed E-state index contributed by atoms with van der Waals surface area (Å²) in [5, 5.41) is 34.2. The van der Waals surface area contributed by atoms with Crippen LogP contribution in [-0.4, -0.2) is 125 Å². The van der Waals surface area contributed by atoms with Crippen molar-refractivity contribution in [3.8, 4) is 0 Å². The Labute approximate surface area is 301 Å². The van der Waals surface area contributed by atoms with Gasteiger partial charge in [-0.15, -0.1) is 0 Å². The molecule has 0 unspecified atom stereocenters. The molecule has 0 bridgehead atoms. The smallest absolute Gasteiger partial charge is 0.326 e. The number of thioether (sulfide) groups is 1. The maximum Gasteiger partial charge on any atom is 0.326 e. The molecule has 1 rings (SSSR count). The van der Waals surface area contributed by atoms with Crippen molar-refractivity contribution in [3.63, 3.8) is 0 Å². The van der Waals surface area contributed by atoms with Crippen molar-refractivity contribution < 1.29 is 43.8 Å². The van der Waals surface area contributed by atoms with Crippen molar-refractivity contribution in [2.75, 3.05) is 37.4 Å². The van der Waals surface area contributed by atoms with Crippen LogP contribution in [0.15, 0.2) is 30.3 Å². The van der Waals surface area contributed by atoms with Crippen molar-refractivity contribution in [1.82, 2.24) is 31.9 Å². The van der Waals surface area contributed by atoms with Crippen molar-refractivity contribution in [2.24, 2.45) is 11.5 Å². The Balaban J connectivity index is 2.78. The average molecular weight is 743 g/mol. The molecule has 6 amide bonds. The molecule has 17 nitrogen and oxygen atoms in total. The summed E-state index contributed by atoms with van der Waals surface area (Å²) >= 11 is 5.53. The van der Waals surface area contributed by atoms with E-state index in [1.54, 1.807) is 36.6 Å². The molecule has 50 heavy (non-hydrogen) atoms. The van der Waals surface area contributed by atoms with Crippen LogP contribution in [0.1, 0.15) is 38.2 Å². The molecule has 0 aliphatic carbocycles. The summed E-state index contributed by atoms with van der Waals surface area (Å²) in [5.74, 6) is -5.66.